The number of hydrogen-bond acceptors (Lipinski definition) is 5. The lowest BCUT2D eigenvalue weighted by Crippen LogP contribution is -2.42. The second-order valence-electron chi connectivity index (χ2n) is 5.82. The van der Waals surface area contributed by atoms with Gasteiger partial charge in [0.2, 0.25) is 0 Å². The molecule has 0 N–H and O–H groups in total. The van der Waals surface area contributed by atoms with Crippen molar-refractivity contribution in [3.05, 3.63) is 54.1 Å². The fourth-order valence-electron chi connectivity index (χ4n) is 3.17. The molecule has 2 heterocycles. The summed E-state index contributed by atoms with van der Waals surface area (Å²) < 4.78 is 12.8. The van der Waals surface area contributed by atoms with Crippen LogP contribution in [-0.2, 0) is 4.74 Å². The first-order valence-corrected chi connectivity index (χ1v) is 8.12. The molecule has 1 aromatic heterocycles. The largest absolute Gasteiger partial charge is 0.497 e. The van der Waals surface area contributed by atoms with Gasteiger partial charge in [-0.2, -0.15) is 0 Å². The van der Waals surface area contributed by atoms with Crippen LogP contribution in [0.1, 0.15) is 11.7 Å². The van der Waals surface area contributed by atoms with E-state index in [2.05, 4.69) is 33.4 Å². The molecular formula is C18H20N4O2. The third kappa shape index (κ3) is 2.74. The van der Waals surface area contributed by atoms with Gasteiger partial charge in [-0.15, -0.1) is 5.10 Å². The molecule has 6 nitrogen and oxygen atoms in total. The van der Waals surface area contributed by atoms with E-state index >= 15 is 0 Å². The Bertz CT molecular complexity index is 809. The molecular weight excluding hydrogens is 304 g/mol. The smallest absolute Gasteiger partial charge is 0.132 e. The second-order valence-corrected chi connectivity index (χ2v) is 5.82. The van der Waals surface area contributed by atoms with Gasteiger partial charge in [0.25, 0.3) is 0 Å². The van der Waals surface area contributed by atoms with Gasteiger partial charge in [0.05, 0.1) is 25.8 Å². The summed E-state index contributed by atoms with van der Waals surface area (Å²) >= 11 is 0. The van der Waals surface area contributed by atoms with Crippen molar-refractivity contribution in [1.82, 2.24) is 19.9 Å². The minimum Gasteiger partial charge on any atom is -0.497 e. The molecule has 3 aromatic rings. The Morgan fingerprint density at radius 3 is 2.54 bits per heavy atom. The Morgan fingerprint density at radius 1 is 1.04 bits per heavy atom. The summed E-state index contributed by atoms with van der Waals surface area (Å²) in [5, 5.41) is 8.77. The fourth-order valence-corrected chi connectivity index (χ4v) is 3.17. The van der Waals surface area contributed by atoms with Crippen molar-refractivity contribution in [3.63, 3.8) is 0 Å². The molecule has 124 valence electrons. The zero-order chi connectivity index (χ0) is 16.4. The number of fused-ring (bicyclic) bond motifs is 1. The highest BCUT2D eigenvalue weighted by atomic mass is 16.5. The highest BCUT2D eigenvalue weighted by molar-refractivity contribution is 5.74. The number of ether oxygens (including phenoxy) is 2. The van der Waals surface area contributed by atoms with Crippen LogP contribution in [0.5, 0.6) is 5.75 Å². The first-order valence-electron chi connectivity index (χ1n) is 8.12. The van der Waals surface area contributed by atoms with Crippen LogP contribution >= 0.6 is 0 Å². The Labute approximate surface area is 140 Å². The average molecular weight is 324 g/mol. The van der Waals surface area contributed by atoms with Crippen molar-refractivity contribution >= 4 is 11.0 Å². The monoisotopic (exact) mass is 324 g/mol. The third-order valence-electron chi connectivity index (χ3n) is 4.41. The van der Waals surface area contributed by atoms with Crippen molar-refractivity contribution in [3.8, 4) is 5.75 Å². The van der Waals surface area contributed by atoms with Crippen molar-refractivity contribution in [2.45, 2.75) is 6.17 Å². The van der Waals surface area contributed by atoms with E-state index in [-0.39, 0.29) is 6.17 Å². The molecule has 0 spiro atoms. The minimum atomic E-state index is -0.00722. The highest BCUT2D eigenvalue weighted by Crippen LogP contribution is 2.28. The summed E-state index contributed by atoms with van der Waals surface area (Å²) in [5.41, 5.74) is 3.10. The van der Waals surface area contributed by atoms with Crippen molar-refractivity contribution in [2.75, 3.05) is 33.4 Å². The van der Waals surface area contributed by atoms with Crippen molar-refractivity contribution < 1.29 is 9.47 Å². The normalized spacial score (nSPS) is 17.0. The minimum absolute atomic E-state index is 0.00722. The molecule has 2 aromatic carbocycles. The molecule has 1 unspecified atom stereocenters. The standard InChI is InChI=1S/C18H20N4O2/c1-23-15-8-6-14(7-9-15)18(21-10-12-24-13-11-21)22-17-5-3-2-4-16(17)19-20-22/h2-9,18H,10-13H2,1H3. The van der Waals surface area contributed by atoms with Gasteiger partial charge >= 0.3 is 0 Å². The zero-order valence-electron chi connectivity index (χ0n) is 13.6. The lowest BCUT2D eigenvalue weighted by molar-refractivity contribution is 0.00712. The number of morpholine rings is 1. The molecule has 1 aliphatic heterocycles. The molecule has 4 rings (SSSR count). The number of benzene rings is 2. The number of methoxy groups -OCH3 is 1. The topological polar surface area (TPSA) is 52.4 Å². The molecule has 24 heavy (non-hydrogen) atoms. The summed E-state index contributed by atoms with van der Waals surface area (Å²) in [7, 11) is 1.68. The van der Waals surface area contributed by atoms with E-state index in [0.717, 1.165) is 48.6 Å². The molecule has 1 fully saturated rings. The van der Waals surface area contributed by atoms with Gasteiger partial charge < -0.3 is 9.47 Å². The fraction of sp³-hybridized carbons (Fsp3) is 0.333. The lowest BCUT2D eigenvalue weighted by atomic mass is 10.1. The maximum atomic E-state index is 5.52. The Balaban J connectivity index is 1.79. The van der Waals surface area contributed by atoms with Gasteiger partial charge in [-0.05, 0) is 29.8 Å². The number of aromatic nitrogens is 3. The van der Waals surface area contributed by atoms with Gasteiger partial charge in [-0.25, -0.2) is 4.68 Å². The molecule has 1 aliphatic rings. The number of rotatable bonds is 4. The van der Waals surface area contributed by atoms with Gasteiger partial charge in [-0.3, -0.25) is 4.90 Å². The van der Waals surface area contributed by atoms with Crippen LogP contribution in [0, 0.1) is 0 Å². The summed E-state index contributed by atoms with van der Waals surface area (Å²) in [6, 6.07) is 16.2. The first-order chi connectivity index (χ1) is 11.9. The van der Waals surface area contributed by atoms with E-state index in [0.29, 0.717) is 0 Å². The Hall–Kier alpha value is -2.44. The Kier molecular flexibility index (Phi) is 4.15. The quantitative estimate of drug-likeness (QED) is 0.737. The summed E-state index contributed by atoms with van der Waals surface area (Å²) in [5.74, 6) is 0.850. The average Bonchev–Trinajstić information content (AvgIpc) is 3.07. The zero-order valence-corrected chi connectivity index (χ0v) is 13.6. The maximum absolute atomic E-state index is 5.52. The van der Waals surface area contributed by atoms with Crippen LogP contribution < -0.4 is 4.74 Å². The molecule has 0 aliphatic carbocycles. The highest BCUT2D eigenvalue weighted by Gasteiger charge is 2.26. The molecule has 0 saturated carbocycles. The van der Waals surface area contributed by atoms with E-state index in [4.69, 9.17) is 9.47 Å². The summed E-state index contributed by atoms with van der Waals surface area (Å²) in [6.07, 6.45) is -0.00722. The van der Waals surface area contributed by atoms with Crippen LogP contribution in [0.4, 0.5) is 0 Å². The van der Waals surface area contributed by atoms with Crippen LogP contribution in [0.3, 0.4) is 0 Å². The van der Waals surface area contributed by atoms with Gasteiger partial charge in [0.15, 0.2) is 0 Å². The van der Waals surface area contributed by atoms with Crippen LogP contribution in [-0.4, -0.2) is 53.3 Å². The second kappa shape index (κ2) is 6.59. The van der Waals surface area contributed by atoms with Crippen LogP contribution in [0.25, 0.3) is 11.0 Å². The molecule has 1 saturated heterocycles. The molecule has 0 amide bonds. The summed E-state index contributed by atoms with van der Waals surface area (Å²) in [4.78, 5) is 2.38. The predicted molar refractivity (Wildman–Crippen MR) is 91.1 cm³/mol. The van der Waals surface area contributed by atoms with E-state index < -0.39 is 0 Å². The molecule has 0 radical (unpaired) electrons. The maximum Gasteiger partial charge on any atom is 0.132 e. The van der Waals surface area contributed by atoms with Crippen LogP contribution in [0.15, 0.2) is 48.5 Å². The van der Waals surface area contributed by atoms with Crippen molar-refractivity contribution in [2.24, 2.45) is 0 Å². The van der Waals surface area contributed by atoms with Gasteiger partial charge in [0.1, 0.15) is 17.4 Å². The molecule has 0 bridgehead atoms. The number of hydrogen-bond donors (Lipinski definition) is 0. The van der Waals surface area contributed by atoms with Gasteiger partial charge in [-0.1, -0.05) is 29.5 Å². The molecule has 1 atom stereocenters. The Morgan fingerprint density at radius 2 is 1.79 bits per heavy atom. The van der Waals surface area contributed by atoms with E-state index in [1.165, 1.54) is 0 Å². The molecule has 6 heteroatoms. The van der Waals surface area contributed by atoms with Gasteiger partial charge in [0, 0.05) is 13.1 Å². The van der Waals surface area contributed by atoms with Crippen LogP contribution in [0.2, 0.25) is 0 Å². The van der Waals surface area contributed by atoms with Crippen molar-refractivity contribution in [1.29, 1.82) is 0 Å². The number of para-hydroxylation sites is 1. The lowest BCUT2D eigenvalue weighted by Gasteiger charge is -2.34. The van der Waals surface area contributed by atoms with E-state index in [9.17, 15) is 0 Å². The van der Waals surface area contributed by atoms with E-state index in [1.54, 1.807) is 7.11 Å². The number of nitrogens with zero attached hydrogens (tertiary/aromatic N) is 4. The summed E-state index contributed by atoms with van der Waals surface area (Å²) in [6.45, 7) is 3.20. The SMILES string of the molecule is COc1ccc(C(N2CCOCC2)n2nnc3ccccc32)cc1. The van der Waals surface area contributed by atoms with E-state index in [1.807, 2.05) is 35.0 Å². The third-order valence-corrected chi connectivity index (χ3v) is 4.41. The first kappa shape index (κ1) is 15.1. The predicted octanol–water partition coefficient (Wildman–Crippen LogP) is 2.32.